The van der Waals surface area contributed by atoms with E-state index in [1.165, 1.54) is 5.57 Å². The van der Waals surface area contributed by atoms with Crippen LogP contribution in [0.15, 0.2) is 23.3 Å². The fourth-order valence-electron chi connectivity index (χ4n) is 4.18. The summed E-state index contributed by atoms with van der Waals surface area (Å²) < 4.78 is 11.0. The Labute approximate surface area is 111 Å². The van der Waals surface area contributed by atoms with Crippen LogP contribution < -0.4 is 0 Å². The summed E-state index contributed by atoms with van der Waals surface area (Å²) in [6.07, 6.45) is 4.48. The van der Waals surface area contributed by atoms with E-state index in [9.17, 15) is 9.59 Å². The first kappa shape index (κ1) is 11.3. The Morgan fingerprint density at radius 2 is 2.00 bits per heavy atom. The van der Waals surface area contributed by atoms with E-state index >= 15 is 0 Å². The van der Waals surface area contributed by atoms with E-state index in [2.05, 4.69) is 0 Å². The molecule has 19 heavy (non-hydrogen) atoms. The summed E-state index contributed by atoms with van der Waals surface area (Å²) in [6, 6.07) is 0. The first-order valence-corrected chi connectivity index (χ1v) is 6.88. The highest BCUT2D eigenvalue weighted by Crippen LogP contribution is 2.52. The van der Waals surface area contributed by atoms with Gasteiger partial charge in [-0.3, -0.25) is 4.79 Å². The van der Waals surface area contributed by atoms with E-state index in [1.54, 1.807) is 0 Å². The molecule has 0 aromatic rings. The van der Waals surface area contributed by atoms with E-state index in [0.29, 0.717) is 0 Å². The molecule has 2 saturated heterocycles. The Balaban J connectivity index is 1.82. The smallest absolute Gasteiger partial charge is 0.334 e. The zero-order chi connectivity index (χ0) is 13.3. The third kappa shape index (κ3) is 1.29. The van der Waals surface area contributed by atoms with Crippen molar-refractivity contribution in [2.24, 2.45) is 23.7 Å². The third-order valence-electron chi connectivity index (χ3n) is 5.18. The van der Waals surface area contributed by atoms with Crippen molar-refractivity contribution in [1.82, 2.24) is 0 Å². The van der Waals surface area contributed by atoms with Gasteiger partial charge < -0.3 is 9.47 Å². The molecule has 4 rings (SSSR count). The molecular weight excluding hydrogens is 244 g/mol. The molecule has 0 radical (unpaired) electrons. The summed E-state index contributed by atoms with van der Waals surface area (Å²) in [6.45, 7) is 3.98. The second-order valence-electron chi connectivity index (χ2n) is 6.08. The summed E-state index contributed by atoms with van der Waals surface area (Å²) in [7, 11) is 0. The molecule has 0 aromatic heterocycles. The van der Waals surface area contributed by atoms with Gasteiger partial charge in [0.2, 0.25) is 0 Å². The maximum absolute atomic E-state index is 11.9. The molecule has 0 amide bonds. The van der Waals surface area contributed by atoms with Gasteiger partial charge in [0, 0.05) is 23.3 Å². The zero-order valence-corrected chi connectivity index (χ0v) is 11.0. The molecule has 0 spiro atoms. The van der Waals surface area contributed by atoms with Crippen molar-refractivity contribution in [3.05, 3.63) is 23.3 Å². The molecule has 0 bridgehead atoms. The Morgan fingerprint density at radius 1 is 1.21 bits per heavy atom. The number of carbonyl (C=O) groups is 2. The molecule has 2 aliphatic heterocycles. The Kier molecular flexibility index (Phi) is 2.07. The van der Waals surface area contributed by atoms with E-state index in [1.807, 2.05) is 26.0 Å². The highest BCUT2D eigenvalue weighted by Gasteiger charge is 2.57. The average Bonchev–Trinajstić information content (AvgIpc) is 2.86. The minimum Gasteiger partial charge on any atom is -0.461 e. The van der Waals surface area contributed by atoms with Crippen molar-refractivity contribution >= 4 is 11.9 Å². The molecule has 4 heteroatoms. The molecule has 2 fully saturated rings. The number of carbonyl (C=O) groups excluding carboxylic acids is 2. The topological polar surface area (TPSA) is 52.6 Å². The van der Waals surface area contributed by atoms with E-state index in [4.69, 9.17) is 9.47 Å². The van der Waals surface area contributed by atoms with Crippen LogP contribution in [-0.2, 0) is 19.1 Å². The lowest BCUT2D eigenvalue weighted by atomic mass is 9.78. The minimum absolute atomic E-state index is 0.0561. The van der Waals surface area contributed by atoms with Crippen molar-refractivity contribution in [2.45, 2.75) is 32.5 Å². The van der Waals surface area contributed by atoms with Gasteiger partial charge in [-0.15, -0.1) is 0 Å². The summed E-state index contributed by atoms with van der Waals surface area (Å²) in [5.74, 6) is -0.0187. The fraction of sp³-hybridized carbons (Fsp3) is 0.600. The van der Waals surface area contributed by atoms with Crippen molar-refractivity contribution in [3.8, 4) is 0 Å². The largest absolute Gasteiger partial charge is 0.461 e. The van der Waals surface area contributed by atoms with Gasteiger partial charge in [0.05, 0.1) is 5.92 Å². The molecule has 0 unspecified atom stereocenters. The Morgan fingerprint density at radius 3 is 2.79 bits per heavy atom. The lowest BCUT2D eigenvalue weighted by Crippen LogP contribution is -2.32. The quantitative estimate of drug-likeness (QED) is 0.490. The number of hydrogen-bond acceptors (Lipinski definition) is 4. The van der Waals surface area contributed by atoms with Crippen LogP contribution in [0.3, 0.4) is 0 Å². The van der Waals surface area contributed by atoms with Crippen molar-refractivity contribution in [2.75, 3.05) is 0 Å². The van der Waals surface area contributed by atoms with Gasteiger partial charge in [0.1, 0.15) is 12.2 Å². The predicted octanol–water partition coefficient (Wildman–Crippen LogP) is 1.61. The summed E-state index contributed by atoms with van der Waals surface area (Å²) in [5.41, 5.74) is 1.98. The number of hydrogen-bond donors (Lipinski definition) is 0. The molecule has 100 valence electrons. The van der Waals surface area contributed by atoms with Gasteiger partial charge in [-0.1, -0.05) is 18.6 Å². The number of rotatable bonds is 0. The molecular formula is C15H16O4. The maximum atomic E-state index is 11.9. The SMILES string of the molecule is CC1=C[C@H]2OC(=O)C3=CC[C@@H]4[C@H](OC(=O)[C@H]4C)[C@@H]1[C@H]32. The summed E-state index contributed by atoms with van der Waals surface area (Å²) in [5, 5.41) is 0. The van der Waals surface area contributed by atoms with Crippen LogP contribution in [-0.4, -0.2) is 24.1 Å². The normalized spacial score (nSPS) is 46.8. The van der Waals surface area contributed by atoms with Gasteiger partial charge in [0.15, 0.2) is 0 Å². The van der Waals surface area contributed by atoms with Gasteiger partial charge in [-0.05, 0) is 19.4 Å². The monoisotopic (exact) mass is 260 g/mol. The predicted molar refractivity (Wildman–Crippen MR) is 65.9 cm³/mol. The highest BCUT2D eigenvalue weighted by molar-refractivity contribution is 5.92. The first-order valence-electron chi connectivity index (χ1n) is 6.88. The molecule has 4 nitrogen and oxygen atoms in total. The van der Waals surface area contributed by atoms with Crippen LogP contribution >= 0.6 is 0 Å². The number of allylic oxidation sites excluding steroid dienone is 1. The van der Waals surface area contributed by atoms with Crippen molar-refractivity contribution in [3.63, 3.8) is 0 Å². The van der Waals surface area contributed by atoms with E-state index in [0.717, 1.165) is 12.0 Å². The van der Waals surface area contributed by atoms with Crippen LogP contribution in [0.25, 0.3) is 0 Å². The average molecular weight is 260 g/mol. The highest BCUT2D eigenvalue weighted by atomic mass is 16.6. The molecule has 0 aromatic carbocycles. The lowest BCUT2D eigenvalue weighted by molar-refractivity contribution is -0.146. The van der Waals surface area contributed by atoms with Gasteiger partial charge in [-0.25, -0.2) is 4.79 Å². The van der Waals surface area contributed by atoms with Crippen LogP contribution in [0.5, 0.6) is 0 Å². The molecule has 0 saturated carbocycles. The second kappa shape index (κ2) is 3.50. The van der Waals surface area contributed by atoms with Crippen molar-refractivity contribution < 1.29 is 19.1 Å². The second-order valence-corrected chi connectivity index (χ2v) is 6.08. The van der Waals surface area contributed by atoms with Crippen LogP contribution in [0.2, 0.25) is 0 Å². The Hall–Kier alpha value is -1.58. The van der Waals surface area contributed by atoms with E-state index in [-0.39, 0.29) is 47.8 Å². The standard InChI is InChI=1S/C15H16O4/c1-6-5-10-12-9(15(17)18-10)4-3-8-7(2)14(16)19-13(8)11(6)12/h4-5,7-8,10-13H,3H2,1-2H3/t7-,8-,10+,11-,12+,13-/m0/s1. The van der Waals surface area contributed by atoms with Gasteiger partial charge in [0.25, 0.3) is 0 Å². The minimum atomic E-state index is -0.192. The van der Waals surface area contributed by atoms with E-state index < -0.39 is 0 Å². The molecule has 6 atom stereocenters. The maximum Gasteiger partial charge on any atom is 0.334 e. The third-order valence-corrected chi connectivity index (χ3v) is 5.18. The summed E-state index contributed by atoms with van der Waals surface area (Å²) in [4.78, 5) is 23.7. The van der Waals surface area contributed by atoms with Gasteiger partial charge >= 0.3 is 11.9 Å². The number of ether oxygens (including phenoxy) is 2. The Bertz CT molecular complexity index is 544. The molecule has 2 aliphatic carbocycles. The fourth-order valence-corrected chi connectivity index (χ4v) is 4.18. The molecule has 2 heterocycles. The number of esters is 2. The molecule has 4 aliphatic rings. The van der Waals surface area contributed by atoms with Crippen LogP contribution in [0.1, 0.15) is 20.3 Å². The zero-order valence-electron chi connectivity index (χ0n) is 11.0. The number of fused-ring (bicyclic) bond motifs is 2. The van der Waals surface area contributed by atoms with Crippen LogP contribution in [0, 0.1) is 23.7 Å². The lowest BCUT2D eigenvalue weighted by Gasteiger charge is -2.27. The van der Waals surface area contributed by atoms with Crippen LogP contribution in [0.4, 0.5) is 0 Å². The first-order chi connectivity index (χ1) is 9.08. The summed E-state index contributed by atoms with van der Waals surface area (Å²) >= 11 is 0. The van der Waals surface area contributed by atoms with Gasteiger partial charge in [-0.2, -0.15) is 0 Å². The van der Waals surface area contributed by atoms with Crippen molar-refractivity contribution in [1.29, 1.82) is 0 Å². The molecule has 0 N–H and O–H groups in total.